The first-order valence-electron chi connectivity index (χ1n) is 5.34. The van der Waals surface area contributed by atoms with Crippen molar-refractivity contribution in [2.45, 2.75) is 18.9 Å². The standard InChI is InChI=1S/C9H19IN2O3S/c1-11(7-8-15-10)9-3-5-12(6-4-9)16(2,13)14/h9H,3-8H2,1-2H3. The highest BCUT2D eigenvalue weighted by atomic mass is 127. The Hall–Kier alpha value is 0.560. The number of halogens is 1. The second-order valence-electron chi connectivity index (χ2n) is 4.19. The Morgan fingerprint density at radius 2 is 2.00 bits per heavy atom. The van der Waals surface area contributed by atoms with Crippen molar-refractivity contribution in [1.29, 1.82) is 0 Å². The summed E-state index contributed by atoms with van der Waals surface area (Å²) in [6.07, 6.45) is 3.09. The predicted octanol–water partition coefficient (Wildman–Crippen LogP) is 0.709. The van der Waals surface area contributed by atoms with E-state index < -0.39 is 10.0 Å². The summed E-state index contributed by atoms with van der Waals surface area (Å²) >= 11 is 1.89. The molecule has 1 aliphatic rings. The molecule has 0 aromatic rings. The molecule has 96 valence electrons. The highest BCUT2D eigenvalue weighted by Crippen LogP contribution is 2.17. The van der Waals surface area contributed by atoms with Gasteiger partial charge in [-0.05, 0) is 19.9 Å². The van der Waals surface area contributed by atoms with Gasteiger partial charge in [-0.25, -0.2) is 12.7 Å². The van der Waals surface area contributed by atoms with Crippen LogP contribution in [0.4, 0.5) is 0 Å². The second-order valence-corrected chi connectivity index (χ2v) is 6.79. The van der Waals surface area contributed by atoms with E-state index >= 15 is 0 Å². The molecule has 1 saturated heterocycles. The molecular weight excluding hydrogens is 343 g/mol. The van der Waals surface area contributed by atoms with Crippen LogP contribution in [0.3, 0.4) is 0 Å². The molecular formula is C9H19IN2O3S. The van der Waals surface area contributed by atoms with Crippen LogP contribution in [0.15, 0.2) is 0 Å². The lowest BCUT2D eigenvalue weighted by molar-refractivity contribution is 0.155. The van der Waals surface area contributed by atoms with Gasteiger partial charge in [-0.1, -0.05) is 0 Å². The Balaban J connectivity index is 2.37. The molecule has 0 spiro atoms. The third-order valence-corrected chi connectivity index (χ3v) is 4.78. The first kappa shape index (κ1) is 14.6. The average Bonchev–Trinajstić information content (AvgIpc) is 2.25. The third-order valence-electron chi connectivity index (χ3n) is 3.04. The number of hydrogen-bond donors (Lipinski definition) is 0. The summed E-state index contributed by atoms with van der Waals surface area (Å²) in [6.45, 7) is 2.88. The number of rotatable bonds is 5. The molecule has 0 atom stereocenters. The Morgan fingerprint density at radius 1 is 1.44 bits per heavy atom. The van der Waals surface area contributed by atoms with Gasteiger partial charge in [-0.15, -0.1) is 0 Å². The summed E-state index contributed by atoms with van der Waals surface area (Å²) in [5, 5.41) is 0. The highest BCUT2D eigenvalue weighted by Gasteiger charge is 2.26. The van der Waals surface area contributed by atoms with Crippen molar-refractivity contribution in [2.75, 3.05) is 39.5 Å². The van der Waals surface area contributed by atoms with Gasteiger partial charge in [0.05, 0.1) is 12.9 Å². The van der Waals surface area contributed by atoms with Gasteiger partial charge < -0.3 is 7.97 Å². The molecule has 7 heteroatoms. The zero-order valence-corrected chi connectivity index (χ0v) is 12.7. The second kappa shape index (κ2) is 6.48. The van der Waals surface area contributed by atoms with E-state index in [1.807, 2.05) is 23.0 Å². The van der Waals surface area contributed by atoms with Gasteiger partial charge >= 0.3 is 0 Å². The van der Waals surface area contributed by atoms with Gasteiger partial charge in [0.2, 0.25) is 10.0 Å². The van der Waals surface area contributed by atoms with E-state index in [2.05, 4.69) is 11.9 Å². The molecule has 0 aromatic carbocycles. The predicted molar refractivity (Wildman–Crippen MR) is 72.0 cm³/mol. The number of hydrogen-bond acceptors (Lipinski definition) is 4. The SMILES string of the molecule is CN(CCOI)C1CCN(S(C)(=O)=O)CC1. The summed E-state index contributed by atoms with van der Waals surface area (Å²) in [5.74, 6) is 0. The quantitative estimate of drug-likeness (QED) is 0.676. The fourth-order valence-electron chi connectivity index (χ4n) is 1.98. The van der Waals surface area contributed by atoms with Crippen LogP contribution in [0.5, 0.6) is 0 Å². The van der Waals surface area contributed by atoms with Crippen molar-refractivity contribution >= 4 is 33.0 Å². The first-order chi connectivity index (χ1) is 7.45. The van der Waals surface area contributed by atoms with Crippen molar-refractivity contribution in [2.24, 2.45) is 0 Å². The van der Waals surface area contributed by atoms with Crippen LogP contribution in [0.1, 0.15) is 12.8 Å². The molecule has 0 aliphatic carbocycles. The fourth-order valence-corrected chi connectivity index (χ4v) is 3.05. The van der Waals surface area contributed by atoms with Crippen LogP contribution in [0.2, 0.25) is 0 Å². The summed E-state index contributed by atoms with van der Waals surface area (Å²) in [6, 6.07) is 0.476. The summed E-state index contributed by atoms with van der Waals surface area (Å²) in [5.41, 5.74) is 0. The molecule has 0 aromatic heterocycles. The summed E-state index contributed by atoms with van der Waals surface area (Å²) in [4.78, 5) is 2.25. The van der Waals surface area contributed by atoms with Gasteiger partial charge in [0.25, 0.3) is 0 Å². The van der Waals surface area contributed by atoms with Crippen molar-refractivity contribution in [3.63, 3.8) is 0 Å². The minimum absolute atomic E-state index is 0.476. The van der Waals surface area contributed by atoms with E-state index in [1.165, 1.54) is 6.26 Å². The molecule has 0 unspecified atom stereocenters. The zero-order valence-electron chi connectivity index (χ0n) is 9.73. The molecule has 16 heavy (non-hydrogen) atoms. The normalized spacial score (nSPS) is 20.5. The van der Waals surface area contributed by atoms with Crippen LogP contribution in [-0.2, 0) is 13.1 Å². The van der Waals surface area contributed by atoms with Gasteiger partial charge in [0.1, 0.15) is 23.0 Å². The Bertz CT molecular complexity index is 302. The van der Waals surface area contributed by atoms with Crippen LogP contribution < -0.4 is 0 Å². The van der Waals surface area contributed by atoms with Gasteiger partial charge in [-0.2, -0.15) is 0 Å². The molecule has 1 heterocycles. The molecule has 0 N–H and O–H groups in total. The van der Waals surface area contributed by atoms with Crippen molar-refractivity contribution in [1.82, 2.24) is 9.21 Å². The topological polar surface area (TPSA) is 49.9 Å². The fraction of sp³-hybridized carbons (Fsp3) is 1.00. The van der Waals surface area contributed by atoms with Gasteiger partial charge in [-0.3, -0.25) is 0 Å². The van der Waals surface area contributed by atoms with E-state index in [0.717, 1.165) is 19.4 Å². The van der Waals surface area contributed by atoms with Crippen LogP contribution >= 0.6 is 23.0 Å². The Kier molecular flexibility index (Phi) is 5.92. The molecule has 0 saturated carbocycles. The summed E-state index contributed by atoms with van der Waals surface area (Å²) < 4.78 is 29.2. The zero-order chi connectivity index (χ0) is 12.2. The van der Waals surface area contributed by atoms with Crippen molar-refractivity contribution < 1.29 is 11.5 Å². The molecule has 0 bridgehead atoms. The smallest absolute Gasteiger partial charge is 0.211 e. The Labute approximate surface area is 112 Å². The number of nitrogens with zero attached hydrogens (tertiary/aromatic N) is 2. The van der Waals surface area contributed by atoms with Gasteiger partial charge in [0.15, 0.2) is 0 Å². The first-order valence-corrected chi connectivity index (χ1v) is 8.07. The van der Waals surface area contributed by atoms with E-state index in [-0.39, 0.29) is 0 Å². The molecule has 1 aliphatic heterocycles. The van der Waals surface area contributed by atoms with Crippen molar-refractivity contribution in [3.05, 3.63) is 0 Å². The lowest BCUT2D eigenvalue weighted by Gasteiger charge is -2.35. The van der Waals surface area contributed by atoms with E-state index in [9.17, 15) is 8.42 Å². The van der Waals surface area contributed by atoms with Gasteiger partial charge in [0, 0.05) is 25.7 Å². The molecule has 1 fully saturated rings. The molecule has 5 nitrogen and oxygen atoms in total. The summed E-state index contributed by atoms with van der Waals surface area (Å²) in [7, 11) is -0.937. The maximum Gasteiger partial charge on any atom is 0.211 e. The van der Waals surface area contributed by atoms with Crippen LogP contribution in [0.25, 0.3) is 0 Å². The van der Waals surface area contributed by atoms with Crippen molar-refractivity contribution in [3.8, 4) is 0 Å². The van der Waals surface area contributed by atoms with Crippen LogP contribution in [-0.4, -0.2) is 63.2 Å². The lowest BCUT2D eigenvalue weighted by atomic mass is 10.1. The molecule has 0 radical (unpaired) electrons. The van der Waals surface area contributed by atoms with E-state index in [1.54, 1.807) is 4.31 Å². The maximum absolute atomic E-state index is 11.3. The largest absolute Gasteiger partial charge is 0.314 e. The van der Waals surface area contributed by atoms with E-state index in [0.29, 0.717) is 25.7 Å². The molecule has 1 rings (SSSR count). The lowest BCUT2D eigenvalue weighted by Crippen LogP contribution is -2.45. The maximum atomic E-state index is 11.3. The highest BCUT2D eigenvalue weighted by molar-refractivity contribution is 14.1. The van der Waals surface area contributed by atoms with E-state index in [4.69, 9.17) is 3.07 Å². The minimum atomic E-state index is -3.00. The number of likely N-dealkylation sites (N-methyl/N-ethyl adjacent to an activating group) is 1. The monoisotopic (exact) mass is 362 g/mol. The van der Waals surface area contributed by atoms with Crippen LogP contribution in [0, 0.1) is 0 Å². The molecule has 0 amide bonds. The minimum Gasteiger partial charge on any atom is -0.314 e. The third kappa shape index (κ3) is 4.44. The Morgan fingerprint density at radius 3 is 2.44 bits per heavy atom. The average molecular weight is 362 g/mol. The number of piperidine rings is 1. The number of sulfonamides is 1.